The third-order valence-electron chi connectivity index (χ3n) is 3.39. The van der Waals surface area contributed by atoms with Gasteiger partial charge < -0.3 is 14.8 Å². The van der Waals surface area contributed by atoms with Gasteiger partial charge in [0.25, 0.3) is 5.91 Å². The summed E-state index contributed by atoms with van der Waals surface area (Å²) in [5.41, 5.74) is 3.52. The molecule has 0 atom stereocenters. The molecule has 9 nitrogen and oxygen atoms in total. The first-order chi connectivity index (χ1) is 12.6. The van der Waals surface area contributed by atoms with Gasteiger partial charge in [-0.25, -0.2) is 10.4 Å². The predicted molar refractivity (Wildman–Crippen MR) is 93.3 cm³/mol. The van der Waals surface area contributed by atoms with E-state index in [0.717, 1.165) is 0 Å². The first-order valence-electron chi connectivity index (χ1n) is 7.91. The Labute approximate surface area is 149 Å². The van der Waals surface area contributed by atoms with Crippen molar-refractivity contribution < 1.29 is 19.1 Å². The van der Waals surface area contributed by atoms with Crippen molar-refractivity contribution in [2.45, 2.75) is 13.3 Å². The van der Waals surface area contributed by atoms with Crippen molar-refractivity contribution in [3.8, 4) is 11.5 Å². The largest absolute Gasteiger partial charge is 0.486 e. The fourth-order valence-corrected chi connectivity index (χ4v) is 2.22. The molecule has 0 spiro atoms. The Morgan fingerprint density at radius 1 is 1.19 bits per heavy atom. The number of carbonyl (C=O) groups excluding carboxylic acids is 2. The molecule has 1 aromatic carbocycles. The number of hydrogen-bond donors (Lipinski definition) is 2. The summed E-state index contributed by atoms with van der Waals surface area (Å²) in [6, 6.07) is 5.18. The highest BCUT2D eigenvalue weighted by atomic mass is 16.6. The summed E-state index contributed by atoms with van der Waals surface area (Å²) in [7, 11) is 0. The van der Waals surface area contributed by atoms with Gasteiger partial charge in [0.05, 0.1) is 12.6 Å². The van der Waals surface area contributed by atoms with Crippen LogP contribution in [0.2, 0.25) is 0 Å². The average molecular weight is 355 g/mol. The number of aromatic nitrogens is 2. The Hall–Kier alpha value is -3.49. The maximum Gasteiger partial charge on any atom is 0.291 e. The number of nitrogens with one attached hydrogen (secondary N) is 2. The maximum atomic E-state index is 12.1. The normalized spacial score (nSPS) is 13.0. The van der Waals surface area contributed by atoms with Crippen LogP contribution in [0.25, 0.3) is 0 Å². The number of hydrogen-bond acceptors (Lipinski definition) is 7. The van der Waals surface area contributed by atoms with E-state index in [-0.39, 0.29) is 18.0 Å². The van der Waals surface area contributed by atoms with Gasteiger partial charge in [-0.05, 0) is 19.1 Å². The molecule has 1 aliphatic heterocycles. The molecule has 2 amide bonds. The van der Waals surface area contributed by atoms with Crippen LogP contribution in [0.3, 0.4) is 0 Å². The van der Waals surface area contributed by atoms with Crippen molar-refractivity contribution in [3.05, 3.63) is 42.5 Å². The summed E-state index contributed by atoms with van der Waals surface area (Å²) in [6.45, 7) is 2.62. The Kier molecular flexibility index (Phi) is 5.37. The fourth-order valence-electron chi connectivity index (χ4n) is 2.22. The number of ether oxygens (including phenoxy) is 2. The van der Waals surface area contributed by atoms with Gasteiger partial charge in [0, 0.05) is 29.9 Å². The molecule has 2 heterocycles. The fraction of sp³-hybridized carbons (Fsp3) is 0.235. The molecule has 1 aliphatic rings. The second kappa shape index (κ2) is 8.06. The minimum atomic E-state index is -0.496. The van der Waals surface area contributed by atoms with E-state index in [1.54, 1.807) is 25.1 Å². The number of benzene rings is 1. The van der Waals surface area contributed by atoms with Crippen LogP contribution in [0.5, 0.6) is 11.5 Å². The van der Waals surface area contributed by atoms with E-state index < -0.39 is 5.91 Å². The highest BCUT2D eigenvalue weighted by Gasteiger charge is 2.13. The number of amides is 2. The summed E-state index contributed by atoms with van der Waals surface area (Å²) in [5.74, 6) is 0.482. The number of hydrazone groups is 1. The van der Waals surface area contributed by atoms with Gasteiger partial charge in [0.15, 0.2) is 11.5 Å². The van der Waals surface area contributed by atoms with Crippen molar-refractivity contribution in [2.75, 3.05) is 18.5 Å². The van der Waals surface area contributed by atoms with Crippen LogP contribution in [0, 0.1) is 0 Å². The lowest BCUT2D eigenvalue weighted by atomic mass is 10.2. The predicted octanol–water partition coefficient (Wildman–Crippen LogP) is 1.38. The summed E-state index contributed by atoms with van der Waals surface area (Å²) in [5, 5.41) is 6.65. The molecule has 0 unspecified atom stereocenters. The molecule has 0 saturated carbocycles. The lowest BCUT2D eigenvalue weighted by Gasteiger charge is -2.19. The second-order valence-corrected chi connectivity index (χ2v) is 5.46. The molecule has 0 aliphatic carbocycles. The number of rotatable bonds is 5. The van der Waals surface area contributed by atoms with Crippen LogP contribution in [0.1, 0.15) is 23.8 Å². The molecule has 2 N–H and O–H groups in total. The third kappa shape index (κ3) is 4.53. The molecule has 134 valence electrons. The Balaban J connectivity index is 1.53. The quantitative estimate of drug-likeness (QED) is 0.618. The van der Waals surface area contributed by atoms with Gasteiger partial charge in [-0.1, -0.05) is 0 Å². The summed E-state index contributed by atoms with van der Waals surface area (Å²) < 4.78 is 10.9. The van der Waals surface area contributed by atoms with E-state index in [0.29, 0.717) is 36.1 Å². The molecular weight excluding hydrogens is 338 g/mol. The zero-order valence-corrected chi connectivity index (χ0v) is 14.1. The highest BCUT2D eigenvalue weighted by molar-refractivity contribution is 6.06. The van der Waals surface area contributed by atoms with E-state index in [1.165, 1.54) is 18.6 Å². The molecule has 1 aromatic heterocycles. The van der Waals surface area contributed by atoms with Crippen LogP contribution < -0.4 is 20.2 Å². The minimum absolute atomic E-state index is 0.0230. The van der Waals surface area contributed by atoms with Crippen LogP contribution in [-0.4, -0.2) is 40.7 Å². The number of carbonyl (C=O) groups is 2. The SMILES string of the molecule is C/C(CC(=O)Nc1ccc2c(c1)OCCO2)=N\NC(=O)c1cnccn1. The molecule has 26 heavy (non-hydrogen) atoms. The second-order valence-electron chi connectivity index (χ2n) is 5.46. The third-order valence-corrected chi connectivity index (χ3v) is 3.39. The lowest BCUT2D eigenvalue weighted by Crippen LogP contribution is -2.22. The molecular formula is C17H17N5O4. The smallest absolute Gasteiger partial charge is 0.291 e. The molecule has 3 rings (SSSR count). The van der Waals surface area contributed by atoms with Crippen LogP contribution >= 0.6 is 0 Å². The van der Waals surface area contributed by atoms with Crippen molar-refractivity contribution in [1.82, 2.24) is 15.4 Å². The maximum absolute atomic E-state index is 12.1. The lowest BCUT2D eigenvalue weighted by molar-refractivity contribution is -0.115. The Morgan fingerprint density at radius 3 is 2.77 bits per heavy atom. The summed E-state index contributed by atoms with van der Waals surface area (Å²) >= 11 is 0. The monoisotopic (exact) mass is 355 g/mol. The molecule has 0 fully saturated rings. The van der Waals surface area contributed by atoms with Crippen LogP contribution in [0.15, 0.2) is 41.9 Å². The highest BCUT2D eigenvalue weighted by Crippen LogP contribution is 2.32. The molecule has 0 saturated heterocycles. The zero-order valence-electron chi connectivity index (χ0n) is 14.1. The molecule has 0 bridgehead atoms. The number of anilines is 1. The van der Waals surface area contributed by atoms with Gasteiger partial charge in [-0.3, -0.25) is 14.6 Å². The molecule has 9 heteroatoms. The van der Waals surface area contributed by atoms with Crippen molar-refractivity contribution >= 4 is 23.2 Å². The van der Waals surface area contributed by atoms with Gasteiger partial charge in [-0.2, -0.15) is 5.10 Å². The van der Waals surface area contributed by atoms with E-state index in [4.69, 9.17) is 9.47 Å². The Morgan fingerprint density at radius 2 is 2.00 bits per heavy atom. The average Bonchev–Trinajstić information content (AvgIpc) is 2.66. The standard InChI is InChI=1S/C17H17N5O4/c1-11(21-22-17(24)13-10-18-4-5-19-13)8-16(23)20-12-2-3-14-15(9-12)26-7-6-25-14/h2-5,9-10H,6-8H2,1H3,(H,20,23)(H,22,24)/b21-11+. The van der Waals surface area contributed by atoms with Crippen molar-refractivity contribution in [3.63, 3.8) is 0 Å². The first kappa shape index (κ1) is 17.3. The molecule has 2 aromatic rings. The van der Waals surface area contributed by atoms with Gasteiger partial charge >= 0.3 is 0 Å². The van der Waals surface area contributed by atoms with Gasteiger partial charge in [0.2, 0.25) is 5.91 Å². The number of nitrogens with zero attached hydrogens (tertiary/aromatic N) is 3. The first-order valence-corrected chi connectivity index (χ1v) is 7.91. The van der Waals surface area contributed by atoms with Crippen molar-refractivity contribution in [2.24, 2.45) is 5.10 Å². The summed E-state index contributed by atoms with van der Waals surface area (Å²) in [6.07, 6.45) is 4.23. The van der Waals surface area contributed by atoms with E-state index in [1.807, 2.05) is 0 Å². The topological polar surface area (TPSA) is 115 Å². The van der Waals surface area contributed by atoms with E-state index in [9.17, 15) is 9.59 Å². The van der Waals surface area contributed by atoms with Crippen molar-refractivity contribution in [1.29, 1.82) is 0 Å². The van der Waals surface area contributed by atoms with Gasteiger partial charge in [-0.15, -0.1) is 0 Å². The Bertz CT molecular complexity index is 838. The van der Waals surface area contributed by atoms with Gasteiger partial charge in [0.1, 0.15) is 18.9 Å². The number of fused-ring (bicyclic) bond motifs is 1. The van der Waals surface area contributed by atoms with Crippen LogP contribution in [0.4, 0.5) is 5.69 Å². The zero-order chi connectivity index (χ0) is 18.4. The van der Waals surface area contributed by atoms with E-state index in [2.05, 4.69) is 25.8 Å². The summed E-state index contributed by atoms with van der Waals surface area (Å²) in [4.78, 5) is 31.6. The minimum Gasteiger partial charge on any atom is -0.486 e. The van der Waals surface area contributed by atoms with Crippen LogP contribution in [-0.2, 0) is 4.79 Å². The molecule has 0 radical (unpaired) electrons. The van der Waals surface area contributed by atoms with E-state index >= 15 is 0 Å².